The molecule has 1 rings (SSSR count). The van der Waals surface area contributed by atoms with Crippen molar-refractivity contribution in [1.82, 2.24) is 9.78 Å². The number of rotatable bonds is 1. The van der Waals surface area contributed by atoms with Gasteiger partial charge in [-0.3, -0.25) is 9.78 Å². The second-order valence-electron chi connectivity index (χ2n) is 2.97. The second-order valence-corrected chi connectivity index (χ2v) is 3.39. The van der Waals surface area contributed by atoms with Gasteiger partial charge in [0.1, 0.15) is 10.3 Å². The maximum absolute atomic E-state index is 12.2. The SMILES string of the molecule is CC(C)n1[nH]c(C(F)(F)F)cc1=S. The Morgan fingerprint density at radius 3 is 2.23 bits per heavy atom. The molecule has 0 aliphatic rings. The minimum Gasteiger partial charge on any atom is -0.293 e. The lowest BCUT2D eigenvalue weighted by atomic mass is 10.4. The Kier molecular flexibility index (Phi) is 2.51. The molecule has 0 fully saturated rings. The van der Waals surface area contributed by atoms with Crippen LogP contribution in [0.2, 0.25) is 0 Å². The van der Waals surface area contributed by atoms with Crippen LogP contribution in [0.4, 0.5) is 13.2 Å². The molecular formula is C7H9F3N2S. The van der Waals surface area contributed by atoms with E-state index in [0.717, 1.165) is 6.07 Å². The van der Waals surface area contributed by atoms with Gasteiger partial charge in [-0.25, -0.2) is 0 Å². The van der Waals surface area contributed by atoms with E-state index in [4.69, 9.17) is 12.2 Å². The largest absolute Gasteiger partial charge is 0.432 e. The molecule has 0 saturated heterocycles. The molecule has 1 aromatic rings. The van der Waals surface area contributed by atoms with Crippen molar-refractivity contribution in [3.8, 4) is 0 Å². The van der Waals surface area contributed by atoms with Crippen molar-refractivity contribution in [2.75, 3.05) is 0 Å². The van der Waals surface area contributed by atoms with Crippen molar-refractivity contribution in [3.05, 3.63) is 16.4 Å². The van der Waals surface area contributed by atoms with Crippen molar-refractivity contribution in [3.63, 3.8) is 0 Å². The van der Waals surface area contributed by atoms with Crippen molar-refractivity contribution in [2.45, 2.75) is 26.1 Å². The van der Waals surface area contributed by atoms with E-state index < -0.39 is 11.9 Å². The molecule has 0 aromatic carbocycles. The average molecular weight is 210 g/mol. The summed E-state index contributed by atoms with van der Waals surface area (Å²) in [6, 6.07) is 0.832. The van der Waals surface area contributed by atoms with Crippen LogP contribution >= 0.6 is 12.2 Å². The monoisotopic (exact) mass is 210 g/mol. The molecule has 0 spiro atoms. The van der Waals surface area contributed by atoms with Gasteiger partial charge in [0, 0.05) is 12.1 Å². The molecule has 74 valence electrons. The van der Waals surface area contributed by atoms with E-state index in [9.17, 15) is 13.2 Å². The Morgan fingerprint density at radius 1 is 1.46 bits per heavy atom. The van der Waals surface area contributed by atoms with Gasteiger partial charge in [0.15, 0.2) is 0 Å². The zero-order valence-corrected chi connectivity index (χ0v) is 7.96. The fourth-order valence-corrected chi connectivity index (χ4v) is 1.31. The predicted molar refractivity (Wildman–Crippen MR) is 45.0 cm³/mol. The molecule has 0 atom stereocenters. The Bertz CT molecular complexity index is 347. The molecule has 13 heavy (non-hydrogen) atoms. The number of nitrogens with zero attached hydrogens (tertiary/aromatic N) is 1. The summed E-state index contributed by atoms with van der Waals surface area (Å²) in [5, 5.41) is 2.21. The lowest BCUT2D eigenvalue weighted by Crippen LogP contribution is -2.09. The van der Waals surface area contributed by atoms with Crippen LogP contribution in [0.3, 0.4) is 0 Å². The van der Waals surface area contributed by atoms with E-state index in [1.807, 2.05) is 0 Å². The van der Waals surface area contributed by atoms with Crippen molar-refractivity contribution >= 4 is 12.2 Å². The van der Waals surface area contributed by atoms with Gasteiger partial charge in [-0.2, -0.15) is 13.2 Å². The number of halogens is 3. The molecule has 1 heterocycles. The summed E-state index contributed by atoms with van der Waals surface area (Å²) in [4.78, 5) is 0. The van der Waals surface area contributed by atoms with Crippen LogP contribution < -0.4 is 0 Å². The molecule has 1 aromatic heterocycles. The van der Waals surface area contributed by atoms with Crippen molar-refractivity contribution < 1.29 is 13.2 Å². The Morgan fingerprint density at radius 2 is 2.00 bits per heavy atom. The third kappa shape index (κ3) is 2.12. The summed E-state index contributed by atoms with van der Waals surface area (Å²) < 4.78 is 37.9. The number of nitrogens with one attached hydrogen (secondary N) is 1. The molecule has 0 aliphatic heterocycles. The maximum atomic E-state index is 12.2. The van der Waals surface area contributed by atoms with Crippen LogP contribution in [0.15, 0.2) is 6.07 Å². The summed E-state index contributed by atoms with van der Waals surface area (Å²) in [7, 11) is 0. The van der Waals surface area contributed by atoms with Crippen LogP contribution in [0.1, 0.15) is 25.6 Å². The smallest absolute Gasteiger partial charge is 0.293 e. The minimum atomic E-state index is -4.35. The first kappa shape index (κ1) is 10.3. The quantitative estimate of drug-likeness (QED) is 0.706. The number of alkyl halides is 3. The van der Waals surface area contributed by atoms with Gasteiger partial charge >= 0.3 is 6.18 Å². The standard InChI is InChI=1S/C7H9F3N2S/c1-4(2)12-6(13)3-5(11-12)7(8,9)10/h3-4,11H,1-2H3. The molecule has 0 amide bonds. The first-order chi connectivity index (χ1) is 5.82. The van der Waals surface area contributed by atoms with Gasteiger partial charge in [-0.15, -0.1) is 0 Å². The van der Waals surface area contributed by atoms with E-state index in [1.54, 1.807) is 13.8 Å². The Hall–Kier alpha value is -0.780. The number of aromatic nitrogens is 2. The Labute approximate surface area is 78.4 Å². The fraction of sp³-hybridized carbons (Fsp3) is 0.571. The highest BCUT2D eigenvalue weighted by Gasteiger charge is 2.33. The molecule has 6 heteroatoms. The number of hydrogen-bond acceptors (Lipinski definition) is 1. The van der Waals surface area contributed by atoms with E-state index in [0.29, 0.717) is 0 Å². The van der Waals surface area contributed by atoms with Crippen LogP contribution in [-0.4, -0.2) is 9.78 Å². The van der Waals surface area contributed by atoms with Crippen LogP contribution in [0.25, 0.3) is 0 Å². The number of aromatic amines is 1. The summed E-state index contributed by atoms with van der Waals surface area (Å²) in [6.45, 7) is 3.51. The summed E-state index contributed by atoms with van der Waals surface area (Å²) in [5.41, 5.74) is -0.800. The lowest BCUT2D eigenvalue weighted by Gasteiger charge is -2.07. The molecule has 0 unspecified atom stereocenters. The molecule has 0 radical (unpaired) electrons. The normalized spacial score (nSPS) is 12.5. The summed E-state index contributed by atoms with van der Waals surface area (Å²) >= 11 is 4.75. The molecule has 1 N–H and O–H groups in total. The maximum Gasteiger partial charge on any atom is 0.432 e. The molecule has 0 bridgehead atoms. The molecule has 0 saturated carbocycles. The van der Waals surface area contributed by atoms with E-state index in [-0.39, 0.29) is 10.7 Å². The summed E-state index contributed by atoms with van der Waals surface area (Å²) in [6.07, 6.45) is -4.35. The van der Waals surface area contributed by atoms with Gasteiger partial charge in [0.25, 0.3) is 0 Å². The number of hydrogen-bond donors (Lipinski definition) is 1. The van der Waals surface area contributed by atoms with E-state index in [1.165, 1.54) is 4.68 Å². The molecular weight excluding hydrogens is 201 g/mol. The zero-order chi connectivity index (χ0) is 10.2. The highest BCUT2D eigenvalue weighted by molar-refractivity contribution is 7.71. The average Bonchev–Trinajstić information content (AvgIpc) is 2.29. The molecule has 2 nitrogen and oxygen atoms in total. The van der Waals surface area contributed by atoms with Gasteiger partial charge in [-0.1, -0.05) is 12.2 Å². The van der Waals surface area contributed by atoms with Crippen molar-refractivity contribution in [1.29, 1.82) is 0 Å². The fourth-order valence-electron chi connectivity index (χ4n) is 0.939. The highest BCUT2D eigenvalue weighted by atomic mass is 32.1. The third-order valence-corrected chi connectivity index (χ3v) is 1.88. The Balaban J connectivity index is 3.18. The van der Waals surface area contributed by atoms with Gasteiger partial charge in [0.2, 0.25) is 0 Å². The van der Waals surface area contributed by atoms with E-state index in [2.05, 4.69) is 5.10 Å². The zero-order valence-electron chi connectivity index (χ0n) is 7.14. The first-order valence-corrected chi connectivity index (χ1v) is 4.12. The minimum absolute atomic E-state index is 0.0939. The number of H-pyrrole nitrogens is 1. The van der Waals surface area contributed by atoms with Gasteiger partial charge < -0.3 is 0 Å². The van der Waals surface area contributed by atoms with Crippen LogP contribution in [-0.2, 0) is 6.18 Å². The van der Waals surface area contributed by atoms with Crippen molar-refractivity contribution in [2.24, 2.45) is 0 Å². The second kappa shape index (κ2) is 3.17. The van der Waals surface area contributed by atoms with Gasteiger partial charge in [0.05, 0.1) is 0 Å². The van der Waals surface area contributed by atoms with Crippen LogP contribution in [0.5, 0.6) is 0 Å². The highest BCUT2D eigenvalue weighted by Crippen LogP contribution is 2.28. The molecule has 0 aliphatic carbocycles. The van der Waals surface area contributed by atoms with Gasteiger partial charge in [-0.05, 0) is 13.8 Å². The summed E-state index contributed by atoms with van der Waals surface area (Å²) in [5.74, 6) is 0. The third-order valence-electron chi connectivity index (χ3n) is 1.57. The van der Waals surface area contributed by atoms with Crippen LogP contribution in [0, 0.1) is 4.64 Å². The predicted octanol–water partition coefficient (Wildman–Crippen LogP) is 3.15. The van der Waals surface area contributed by atoms with E-state index >= 15 is 0 Å². The first-order valence-electron chi connectivity index (χ1n) is 3.71. The topological polar surface area (TPSA) is 20.7 Å². The lowest BCUT2D eigenvalue weighted by molar-refractivity contribution is -0.141.